The molecule has 1 saturated heterocycles. The fraction of sp³-hybridized carbons (Fsp3) is 0.350. The van der Waals surface area contributed by atoms with Gasteiger partial charge >= 0.3 is 0 Å². The minimum atomic E-state index is -0.0610. The van der Waals surface area contributed by atoms with E-state index in [1.165, 1.54) is 0 Å². The van der Waals surface area contributed by atoms with E-state index in [2.05, 4.69) is 22.0 Å². The molecule has 4 rings (SSSR count). The molecule has 0 amide bonds. The summed E-state index contributed by atoms with van der Waals surface area (Å²) >= 11 is 0. The second-order valence-electron chi connectivity index (χ2n) is 6.34. The number of morpholine rings is 1. The minimum absolute atomic E-state index is 0.0610. The molecule has 0 aliphatic carbocycles. The summed E-state index contributed by atoms with van der Waals surface area (Å²) in [7, 11) is 0. The maximum Gasteiger partial charge on any atom is 0.256 e. The third kappa shape index (κ3) is 3.13. The first-order chi connectivity index (χ1) is 12.3. The predicted molar refractivity (Wildman–Crippen MR) is 99.3 cm³/mol. The number of fused-ring (bicyclic) bond motifs is 3. The van der Waals surface area contributed by atoms with Crippen LogP contribution in [0.25, 0.3) is 21.7 Å². The van der Waals surface area contributed by atoms with E-state index in [1.54, 1.807) is 0 Å². The summed E-state index contributed by atoms with van der Waals surface area (Å²) < 4.78 is 11.4. The number of rotatable bonds is 4. The van der Waals surface area contributed by atoms with Crippen molar-refractivity contribution in [3.05, 3.63) is 52.3 Å². The molecule has 0 atom stereocenters. The number of nitrogens with zero attached hydrogens (tertiary/aromatic N) is 1. The zero-order valence-corrected chi connectivity index (χ0v) is 14.4. The van der Waals surface area contributed by atoms with E-state index in [0.29, 0.717) is 12.0 Å². The third-order valence-electron chi connectivity index (χ3n) is 4.66. The van der Waals surface area contributed by atoms with Gasteiger partial charge in [0, 0.05) is 35.8 Å². The minimum Gasteiger partial charge on any atom is -0.493 e. The van der Waals surface area contributed by atoms with Gasteiger partial charge in [0.25, 0.3) is 5.56 Å². The highest BCUT2D eigenvalue weighted by Crippen LogP contribution is 2.32. The van der Waals surface area contributed by atoms with Gasteiger partial charge in [-0.3, -0.25) is 9.69 Å². The largest absolute Gasteiger partial charge is 0.493 e. The molecule has 1 aliphatic heterocycles. The molecule has 3 aromatic rings. The second-order valence-corrected chi connectivity index (χ2v) is 6.34. The van der Waals surface area contributed by atoms with Crippen LogP contribution in [0.1, 0.15) is 12.5 Å². The van der Waals surface area contributed by atoms with E-state index >= 15 is 0 Å². The molecule has 25 heavy (non-hydrogen) atoms. The first-order valence-corrected chi connectivity index (χ1v) is 8.77. The molecule has 0 saturated carbocycles. The Balaban J connectivity index is 1.87. The van der Waals surface area contributed by atoms with Crippen LogP contribution in [0, 0.1) is 0 Å². The highest BCUT2D eigenvalue weighted by molar-refractivity contribution is 6.08. The Morgan fingerprint density at radius 3 is 2.68 bits per heavy atom. The molecule has 130 valence electrons. The van der Waals surface area contributed by atoms with Crippen molar-refractivity contribution in [1.82, 2.24) is 9.88 Å². The van der Waals surface area contributed by atoms with Crippen LogP contribution in [0.3, 0.4) is 0 Å². The number of benzene rings is 2. The molecule has 5 heteroatoms. The quantitative estimate of drug-likeness (QED) is 0.743. The van der Waals surface area contributed by atoms with Crippen molar-refractivity contribution >= 4 is 21.7 Å². The van der Waals surface area contributed by atoms with Gasteiger partial charge in [0.2, 0.25) is 0 Å². The second kappa shape index (κ2) is 6.86. The molecular weight excluding hydrogens is 316 g/mol. The lowest BCUT2D eigenvalue weighted by Gasteiger charge is -2.27. The molecule has 1 N–H and O–H groups in total. The lowest BCUT2D eigenvalue weighted by Crippen LogP contribution is -2.35. The fourth-order valence-corrected chi connectivity index (χ4v) is 3.52. The maximum absolute atomic E-state index is 12.4. The van der Waals surface area contributed by atoms with Gasteiger partial charge in [-0.2, -0.15) is 0 Å². The van der Waals surface area contributed by atoms with Crippen molar-refractivity contribution in [1.29, 1.82) is 0 Å². The summed E-state index contributed by atoms with van der Waals surface area (Å²) in [5.41, 5.74) is 1.91. The molecule has 2 heterocycles. The normalized spacial score (nSPS) is 15.7. The Bertz CT molecular complexity index is 958. The standard InChI is InChI=1S/C20H22N2O3/c1-2-25-18-12-14(13-22-7-9-24-10-8-22)11-17-19(18)15-5-3-4-6-16(15)20(23)21-17/h3-6,11-12H,2,7-10,13H2,1H3,(H,21,23). The van der Waals surface area contributed by atoms with Crippen LogP contribution in [-0.4, -0.2) is 42.8 Å². The Morgan fingerprint density at radius 2 is 1.92 bits per heavy atom. The highest BCUT2D eigenvalue weighted by Gasteiger charge is 2.15. The van der Waals surface area contributed by atoms with Crippen molar-refractivity contribution in [2.75, 3.05) is 32.9 Å². The number of ether oxygens (including phenoxy) is 2. The van der Waals surface area contributed by atoms with Crippen LogP contribution >= 0.6 is 0 Å². The molecule has 2 aromatic carbocycles. The first kappa shape index (κ1) is 16.1. The van der Waals surface area contributed by atoms with Crippen LogP contribution in [-0.2, 0) is 11.3 Å². The topological polar surface area (TPSA) is 54.6 Å². The summed E-state index contributed by atoms with van der Waals surface area (Å²) in [6.07, 6.45) is 0. The monoisotopic (exact) mass is 338 g/mol. The van der Waals surface area contributed by atoms with Gasteiger partial charge in [-0.05, 0) is 30.7 Å². The molecule has 1 fully saturated rings. The molecule has 5 nitrogen and oxygen atoms in total. The zero-order valence-electron chi connectivity index (χ0n) is 14.4. The van der Waals surface area contributed by atoms with Crippen molar-refractivity contribution in [3.8, 4) is 5.75 Å². The van der Waals surface area contributed by atoms with E-state index in [1.807, 2.05) is 31.2 Å². The van der Waals surface area contributed by atoms with Crippen molar-refractivity contribution in [3.63, 3.8) is 0 Å². The number of aromatic nitrogens is 1. The van der Waals surface area contributed by atoms with Crippen LogP contribution < -0.4 is 10.3 Å². The van der Waals surface area contributed by atoms with Gasteiger partial charge in [0.05, 0.1) is 25.3 Å². The summed E-state index contributed by atoms with van der Waals surface area (Å²) in [5.74, 6) is 0.829. The molecule has 1 aromatic heterocycles. The van der Waals surface area contributed by atoms with Gasteiger partial charge in [-0.15, -0.1) is 0 Å². The van der Waals surface area contributed by atoms with E-state index in [-0.39, 0.29) is 5.56 Å². The number of pyridine rings is 1. The van der Waals surface area contributed by atoms with Crippen molar-refractivity contribution < 1.29 is 9.47 Å². The highest BCUT2D eigenvalue weighted by atomic mass is 16.5. The van der Waals surface area contributed by atoms with Gasteiger partial charge in [0.15, 0.2) is 0 Å². The lowest BCUT2D eigenvalue weighted by atomic mass is 10.0. The first-order valence-electron chi connectivity index (χ1n) is 8.77. The summed E-state index contributed by atoms with van der Waals surface area (Å²) in [6, 6.07) is 11.9. The fourth-order valence-electron chi connectivity index (χ4n) is 3.52. The third-order valence-corrected chi connectivity index (χ3v) is 4.66. The zero-order chi connectivity index (χ0) is 17.2. The van der Waals surface area contributed by atoms with E-state index in [9.17, 15) is 4.79 Å². The molecule has 0 unspecified atom stereocenters. The Labute approximate surface area is 146 Å². The molecule has 0 bridgehead atoms. The predicted octanol–water partition coefficient (Wildman–Crippen LogP) is 2.91. The number of H-pyrrole nitrogens is 1. The van der Waals surface area contributed by atoms with E-state index in [0.717, 1.165) is 60.5 Å². The average molecular weight is 338 g/mol. The van der Waals surface area contributed by atoms with Crippen molar-refractivity contribution in [2.24, 2.45) is 0 Å². The van der Waals surface area contributed by atoms with E-state index in [4.69, 9.17) is 9.47 Å². The molecule has 0 radical (unpaired) electrons. The molecule has 1 aliphatic rings. The number of nitrogens with one attached hydrogen (secondary N) is 1. The summed E-state index contributed by atoms with van der Waals surface area (Å²) in [4.78, 5) is 17.8. The molecule has 0 spiro atoms. The Hall–Kier alpha value is -2.37. The number of hydrogen-bond acceptors (Lipinski definition) is 4. The van der Waals surface area contributed by atoms with Crippen LogP contribution in [0.4, 0.5) is 0 Å². The number of hydrogen-bond donors (Lipinski definition) is 1. The lowest BCUT2D eigenvalue weighted by molar-refractivity contribution is 0.0342. The smallest absolute Gasteiger partial charge is 0.256 e. The maximum atomic E-state index is 12.4. The SMILES string of the molecule is CCOc1cc(CN2CCOCC2)cc2[nH]c(=O)c3ccccc3c12. The summed E-state index contributed by atoms with van der Waals surface area (Å²) in [6.45, 7) is 6.79. The van der Waals surface area contributed by atoms with Crippen molar-refractivity contribution in [2.45, 2.75) is 13.5 Å². The van der Waals surface area contributed by atoms with Crippen LogP contribution in [0.5, 0.6) is 5.75 Å². The Morgan fingerprint density at radius 1 is 1.16 bits per heavy atom. The van der Waals surface area contributed by atoms with Crippen LogP contribution in [0.15, 0.2) is 41.2 Å². The molecular formula is C20H22N2O3. The van der Waals surface area contributed by atoms with Gasteiger partial charge in [-0.1, -0.05) is 18.2 Å². The van der Waals surface area contributed by atoms with Gasteiger partial charge in [0.1, 0.15) is 5.75 Å². The van der Waals surface area contributed by atoms with E-state index < -0.39 is 0 Å². The summed E-state index contributed by atoms with van der Waals surface area (Å²) in [5, 5.41) is 2.60. The van der Waals surface area contributed by atoms with Gasteiger partial charge < -0.3 is 14.5 Å². The average Bonchev–Trinajstić information content (AvgIpc) is 2.63. The Kier molecular flexibility index (Phi) is 4.42. The number of aromatic amines is 1. The van der Waals surface area contributed by atoms with Crippen LogP contribution in [0.2, 0.25) is 0 Å². The van der Waals surface area contributed by atoms with Gasteiger partial charge in [-0.25, -0.2) is 0 Å².